The number of aliphatic carboxylic acids is 4. The Morgan fingerprint density at radius 2 is 1.12 bits per heavy atom. The smallest absolute Gasteiger partial charge is 0.335 e. The molecular formula is C69H103N17O26. The third-order valence-electron chi connectivity index (χ3n) is 17.6. The molecule has 14 atom stereocenters. The summed E-state index contributed by atoms with van der Waals surface area (Å²) in [5, 5.41) is 68.5. The molecule has 43 heteroatoms. The normalized spacial score (nSPS) is 21.8. The summed E-state index contributed by atoms with van der Waals surface area (Å²) >= 11 is 0. The minimum Gasteiger partial charge on any atom is -0.481 e. The molecule has 24 N–H and O–H groups in total. The average Bonchev–Trinajstić information content (AvgIpc) is 1.41. The SMILES string of the molecule is CCC(C)CCCCCCC(=O)NC(Cc1c[nH]c2ccccc12)C(=O)NC(CC(N)=O)C(=O)NC(CC(=O)O)C(=O)NC1C(=O)NCC(=O)NC(CCCN)C(=O)NC(CC(=O)O)C(=O)NC(C)C(=O)NC(C(OC)C(=O)O)C(=O)NCC(=O)NC(CC(N)=O)C(=O)NC(CCC(=O)O)C(=O)NC(C(C)C)C(=O)OC1C. The number of methoxy groups -OCH3 is 1. The molecule has 3 rings (SSSR count). The number of cyclic esters (lactones) is 1. The Hall–Kier alpha value is -11.9. The Bertz CT molecular complexity index is 3740. The Morgan fingerprint density at radius 3 is 1.71 bits per heavy atom. The number of fused-ring (bicyclic) bond motifs is 1. The van der Waals surface area contributed by atoms with Crippen molar-refractivity contribution in [1.29, 1.82) is 0 Å². The summed E-state index contributed by atoms with van der Waals surface area (Å²) in [5.41, 5.74) is 17.8. The number of ether oxygens (including phenoxy) is 2. The first kappa shape index (κ1) is 94.3. The predicted molar refractivity (Wildman–Crippen MR) is 388 cm³/mol. The van der Waals surface area contributed by atoms with Gasteiger partial charge in [-0.25, -0.2) is 9.59 Å². The highest BCUT2D eigenvalue weighted by atomic mass is 16.5. The second-order valence-corrected chi connectivity index (χ2v) is 27.0. The molecule has 0 aliphatic carbocycles. The number of amides is 15. The molecule has 1 aliphatic rings. The number of rotatable bonds is 35. The summed E-state index contributed by atoms with van der Waals surface area (Å²) < 4.78 is 10.5. The van der Waals surface area contributed by atoms with Crippen LogP contribution in [-0.2, 0) is 112 Å². The second kappa shape index (κ2) is 47.2. The average molecular weight is 1590 g/mol. The van der Waals surface area contributed by atoms with Crippen molar-refractivity contribution < 1.29 is 126 Å². The molecule has 1 saturated heterocycles. The number of benzene rings is 1. The number of hydrogen-bond donors (Lipinski definition) is 21. The van der Waals surface area contributed by atoms with Crippen LogP contribution in [0.1, 0.15) is 143 Å². The molecule has 620 valence electrons. The van der Waals surface area contributed by atoms with Crippen LogP contribution >= 0.6 is 0 Å². The molecule has 0 spiro atoms. The number of carboxylic acids is 4. The molecule has 1 fully saturated rings. The maximum Gasteiger partial charge on any atom is 0.335 e. The Balaban J connectivity index is 2.20. The predicted octanol–water partition coefficient (Wildman–Crippen LogP) is -6.31. The van der Waals surface area contributed by atoms with Crippen molar-refractivity contribution in [2.75, 3.05) is 26.7 Å². The lowest BCUT2D eigenvalue weighted by molar-refractivity contribution is -0.157. The first-order valence-electron chi connectivity index (χ1n) is 36.0. The Morgan fingerprint density at radius 1 is 0.571 bits per heavy atom. The molecule has 0 bridgehead atoms. The minimum atomic E-state index is -2.33. The zero-order valence-corrected chi connectivity index (χ0v) is 63.0. The molecule has 1 aromatic carbocycles. The molecule has 2 aromatic rings. The van der Waals surface area contributed by atoms with Gasteiger partial charge in [-0.15, -0.1) is 0 Å². The first-order valence-corrected chi connectivity index (χ1v) is 36.0. The van der Waals surface area contributed by atoms with Crippen LogP contribution in [0.2, 0.25) is 0 Å². The van der Waals surface area contributed by atoms with Crippen molar-refractivity contribution >= 4 is 129 Å². The van der Waals surface area contributed by atoms with Crippen molar-refractivity contribution in [2.24, 2.45) is 29.0 Å². The quantitative estimate of drug-likeness (QED) is 0.0225. The molecule has 14 unspecified atom stereocenters. The maximum atomic E-state index is 14.6. The summed E-state index contributed by atoms with van der Waals surface area (Å²) in [7, 11) is 0.794. The zero-order chi connectivity index (χ0) is 84.2. The van der Waals surface area contributed by atoms with E-state index in [-0.39, 0.29) is 32.2 Å². The van der Waals surface area contributed by atoms with Crippen molar-refractivity contribution in [3.63, 3.8) is 0 Å². The van der Waals surface area contributed by atoms with E-state index in [9.17, 15) is 116 Å². The number of primary amides is 2. The number of aromatic amines is 1. The van der Waals surface area contributed by atoms with Gasteiger partial charge >= 0.3 is 29.8 Å². The third-order valence-corrected chi connectivity index (χ3v) is 17.6. The van der Waals surface area contributed by atoms with E-state index in [0.29, 0.717) is 35.2 Å². The molecule has 0 saturated carbocycles. The monoisotopic (exact) mass is 1590 g/mol. The van der Waals surface area contributed by atoms with Crippen molar-refractivity contribution in [1.82, 2.24) is 74.1 Å². The molecule has 112 heavy (non-hydrogen) atoms. The molecule has 0 radical (unpaired) electrons. The number of aromatic nitrogens is 1. The maximum absolute atomic E-state index is 14.6. The lowest BCUT2D eigenvalue weighted by atomic mass is 10.00. The molecule has 1 aliphatic heterocycles. The van der Waals surface area contributed by atoms with E-state index in [1.54, 1.807) is 30.5 Å². The fraction of sp³-hybridized carbons (Fsp3) is 0.594. The van der Waals surface area contributed by atoms with Gasteiger partial charge in [0.1, 0.15) is 72.6 Å². The number of nitrogens with two attached hydrogens (primary N) is 3. The van der Waals surface area contributed by atoms with Crippen LogP contribution in [0.5, 0.6) is 0 Å². The fourth-order valence-corrected chi connectivity index (χ4v) is 11.2. The van der Waals surface area contributed by atoms with Gasteiger partial charge in [0.2, 0.25) is 88.6 Å². The standard InChI is InChI=1S/C69H103N17O26/c1-8-33(4)16-11-9-10-12-20-48(89)78-41(24-36-29-73-38-18-14-13-17-37(36)38)62(102)81-43(26-47(72)88)64(104)83-45(28-53(96)97)65(105)85-55-35(6)112-69(110)54(32(2)3)84-60(100)40(21-22-51(92)93)80-63(103)42(25-46(71)87)79-50(91)31-75-67(107)56(57(111-7)68(108)109)86-58(98)34(5)76-61(101)44(27-52(94)95)82-59(99)39(19-15-23-70)77-49(90)30-74-66(55)106/h13-14,17-18,29,32-35,39-45,54-57,73H,8-12,15-16,19-28,30-31,70H2,1-7H3,(H2,71,87)(H2,72,88)(H,74,106)(H,75,107)(H,76,101)(H,77,90)(H,78,89)(H,79,91)(H,80,103)(H,81,102)(H,82,99)(H,83,104)(H,84,100)(H,85,105)(H,86,98)(H,92,93)(H,94,95)(H,96,97)(H,108,109). The second-order valence-electron chi connectivity index (χ2n) is 27.0. The lowest BCUT2D eigenvalue weighted by Gasteiger charge is -2.30. The third kappa shape index (κ3) is 32.7. The number of esters is 1. The Kier molecular flexibility index (Phi) is 39.7. The number of carbonyl (C=O) groups excluding carboxylic acids is 16. The zero-order valence-electron chi connectivity index (χ0n) is 63.0. The van der Waals surface area contributed by atoms with Gasteiger partial charge in [-0.1, -0.05) is 78.0 Å². The van der Waals surface area contributed by atoms with Crippen LogP contribution in [0.15, 0.2) is 30.5 Å². The Labute approximate surface area is 641 Å². The molecule has 43 nitrogen and oxygen atoms in total. The number of carbonyl (C=O) groups is 20. The summed E-state index contributed by atoms with van der Waals surface area (Å²) in [6.45, 7) is 6.20. The number of carboxylic acid groups (broad SMARTS) is 4. The topological polar surface area (TPSA) is 691 Å². The van der Waals surface area contributed by atoms with Crippen LogP contribution in [0, 0.1) is 11.8 Å². The van der Waals surface area contributed by atoms with E-state index >= 15 is 0 Å². The molecule has 1 aromatic heterocycles. The summed E-state index contributed by atoms with van der Waals surface area (Å²) in [6.07, 6.45) is -4.80. The highest BCUT2D eigenvalue weighted by Crippen LogP contribution is 2.21. The van der Waals surface area contributed by atoms with E-state index in [4.69, 9.17) is 26.7 Å². The fourth-order valence-electron chi connectivity index (χ4n) is 11.2. The van der Waals surface area contributed by atoms with Crippen LogP contribution < -0.4 is 86.3 Å². The molecular weight excluding hydrogens is 1480 g/mol. The van der Waals surface area contributed by atoms with E-state index in [1.165, 1.54) is 13.8 Å². The summed E-state index contributed by atoms with van der Waals surface area (Å²) in [4.78, 5) is 273. The van der Waals surface area contributed by atoms with E-state index in [0.717, 1.165) is 46.6 Å². The molecule has 15 amide bonds. The van der Waals surface area contributed by atoms with Gasteiger partial charge in [-0.05, 0) is 69.5 Å². The highest BCUT2D eigenvalue weighted by Gasteiger charge is 2.42. The van der Waals surface area contributed by atoms with Gasteiger partial charge in [0.15, 0.2) is 6.10 Å². The number of H-pyrrole nitrogens is 1. The van der Waals surface area contributed by atoms with Gasteiger partial charge in [0, 0.05) is 43.5 Å². The highest BCUT2D eigenvalue weighted by molar-refractivity contribution is 6.02. The van der Waals surface area contributed by atoms with Crippen LogP contribution in [-0.4, -0.2) is 249 Å². The van der Waals surface area contributed by atoms with Gasteiger partial charge in [0.05, 0.1) is 38.8 Å². The van der Waals surface area contributed by atoms with Gasteiger partial charge in [0.25, 0.3) is 0 Å². The number of unbranched alkanes of at least 4 members (excludes halogenated alkanes) is 3. The van der Waals surface area contributed by atoms with E-state index in [1.807, 2.05) is 16.0 Å². The van der Waals surface area contributed by atoms with Crippen molar-refractivity contribution in [3.05, 3.63) is 36.0 Å². The largest absolute Gasteiger partial charge is 0.481 e. The number of hydrogen-bond acceptors (Lipinski definition) is 23. The number of para-hydroxylation sites is 1. The van der Waals surface area contributed by atoms with Gasteiger partial charge in [-0.2, -0.15) is 0 Å². The minimum absolute atomic E-state index is 0.00774. The van der Waals surface area contributed by atoms with E-state index in [2.05, 4.69) is 72.0 Å². The lowest BCUT2D eigenvalue weighted by Crippen LogP contribution is -2.62. The van der Waals surface area contributed by atoms with Gasteiger partial charge < -0.3 is 121 Å². The first-order chi connectivity index (χ1) is 52.7. The van der Waals surface area contributed by atoms with E-state index < -0.39 is 255 Å². The van der Waals surface area contributed by atoms with Gasteiger partial charge in [-0.3, -0.25) is 86.3 Å². The van der Waals surface area contributed by atoms with Crippen molar-refractivity contribution in [2.45, 2.75) is 223 Å². The summed E-state index contributed by atoms with van der Waals surface area (Å²) in [5.74, 6) is -28.6. The van der Waals surface area contributed by atoms with Crippen LogP contribution in [0.4, 0.5) is 0 Å². The molecule has 2 heterocycles. The summed E-state index contributed by atoms with van der Waals surface area (Å²) in [6, 6.07) is -15.1. The van der Waals surface area contributed by atoms with Crippen molar-refractivity contribution in [3.8, 4) is 0 Å². The number of nitrogens with one attached hydrogen (secondary N) is 14. The van der Waals surface area contributed by atoms with Crippen LogP contribution in [0.3, 0.4) is 0 Å². The van der Waals surface area contributed by atoms with Crippen LogP contribution in [0.25, 0.3) is 10.9 Å².